The first-order chi connectivity index (χ1) is 14.8. The van der Waals surface area contributed by atoms with Gasteiger partial charge >= 0.3 is 0 Å². The van der Waals surface area contributed by atoms with E-state index in [0.717, 1.165) is 55.3 Å². The summed E-state index contributed by atoms with van der Waals surface area (Å²) in [5.74, 6) is 5.65. The summed E-state index contributed by atoms with van der Waals surface area (Å²) in [4.78, 5) is 16.8. The zero-order valence-electron chi connectivity index (χ0n) is 17.8. The van der Waals surface area contributed by atoms with Gasteiger partial charge in [-0.15, -0.1) is 0 Å². The average molecular weight is 439 g/mol. The van der Waals surface area contributed by atoms with E-state index in [0.29, 0.717) is 28.5 Å². The lowest BCUT2D eigenvalue weighted by Crippen LogP contribution is -2.31. The van der Waals surface area contributed by atoms with Crippen LogP contribution in [0.3, 0.4) is 0 Å². The largest absolute Gasteiger partial charge is 0.385 e. The van der Waals surface area contributed by atoms with Crippen molar-refractivity contribution in [3.63, 3.8) is 0 Å². The first-order valence-corrected chi connectivity index (χ1v) is 13.2. The molecular weight excluding hydrogens is 408 g/mol. The molecule has 2 aromatic rings. The minimum atomic E-state index is -2.34. The zero-order valence-corrected chi connectivity index (χ0v) is 18.6. The molecule has 1 atom stereocenters. The van der Waals surface area contributed by atoms with Crippen molar-refractivity contribution >= 4 is 27.0 Å². The van der Waals surface area contributed by atoms with Crippen LogP contribution < -0.4 is 5.32 Å². The SMILES string of the molecule is C=S(=O)(CC1CC1)c1ccc(CC(=O)Nc2ccc(C(O)(C3CC3)C3CC3)cc2)cn1. The minimum absolute atomic E-state index is 0.129. The highest BCUT2D eigenvalue weighted by Crippen LogP contribution is 2.57. The third-order valence-electron chi connectivity index (χ3n) is 6.78. The second-order valence-electron chi connectivity index (χ2n) is 9.60. The number of nitrogens with one attached hydrogen (secondary N) is 1. The molecule has 3 fully saturated rings. The van der Waals surface area contributed by atoms with Crippen molar-refractivity contribution in [2.24, 2.45) is 17.8 Å². The molecule has 31 heavy (non-hydrogen) atoms. The summed E-state index contributed by atoms with van der Waals surface area (Å²) in [6.07, 6.45) is 8.48. The molecule has 5 nitrogen and oxygen atoms in total. The number of pyridine rings is 1. The molecule has 0 radical (unpaired) electrons. The predicted octanol–water partition coefficient (Wildman–Crippen LogP) is 3.76. The lowest BCUT2D eigenvalue weighted by Gasteiger charge is -2.29. The number of aliphatic hydroxyl groups is 1. The Morgan fingerprint density at radius 1 is 1.06 bits per heavy atom. The van der Waals surface area contributed by atoms with Gasteiger partial charge in [-0.25, -0.2) is 4.98 Å². The van der Waals surface area contributed by atoms with E-state index in [9.17, 15) is 14.1 Å². The first-order valence-electron chi connectivity index (χ1n) is 11.3. The Morgan fingerprint density at radius 3 is 2.23 bits per heavy atom. The summed E-state index contributed by atoms with van der Waals surface area (Å²) >= 11 is 0. The van der Waals surface area contributed by atoms with Crippen LogP contribution in [0.15, 0.2) is 47.6 Å². The van der Waals surface area contributed by atoms with Gasteiger partial charge in [0.15, 0.2) is 0 Å². The van der Waals surface area contributed by atoms with Gasteiger partial charge in [0, 0.05) is 27.2 Å². The van der Waals surface area contributed by atoms with E-state index in [2.05, 4.69) is 16.2 Å². The van der Waals surface area contributed by atoms with Crippen molar-refractivity contribution in [2.45, 2.75) is 55.6 Å². The maximum absolute atomic E-state index is 12.7. The normalized spacial score (nSPS) is 20.8. The third-order valence-corrected chi connectivity index (χ3v) is 8.79. The highest BCUT2D eigenvalue weighted by Gasteiger charge is 2.54. The number of nitrogens with zero attached hydrogens (tertiary/aromatic N) is 1. The second-order valence-corrected chi connectivity index (χ2v) is 12.0. The number of carbonyl (C=O) groups is 1. The Kier molecular flexibility index (Phi) is 5.18. The molecule has 1 aromatic heterocycles. The summed E-state index contributed by atoms with van der Waals surface area (Å²) in [5.41, 5.74) is 1.77. The van der Waals surface area contributed by atoms with Gasteiger partial charge in [0.1, 0.15) is 5.03 Å². The number of aromatic nitrogens is 1. The van der Waals surface area contributed by atoms with Crippen LogP contribution in [0.25, 0.3) is 0 Å². The van der Waals surface area contributed by atoms with Crippen LogP contribution in [0.5, 0.6) is 0 Å². The monoisotopic (exact) mass is 438 g/mol. The average Bonchev–Trinajstić information content (AvgIpc) is 3.59. The molecule has 0 bridgehead atoms. The molecule has 164 valence electrons. The molecule has 3 saturated carbocycles. The lowest BCUT2D eigenvalue weighted by atomic mass is 9.84. The van der Waals surface area contributed by atoms with E-state index in [1.165, 1.54) is 0 Å². The number of hydrogen-bond donors (Lipinski definition) is 2. The van der Waals surface area contributed by atoms with Crippen LogP contribution in [0, 0.1) is 17.8 Å². The maximum atomic E-state index is 12.7. The van der Waals surface area contributed by atoms with E-state index >= 15 is 0 Å². The summed E-state index contributed by atoms with van der Waals surface area (Å²) in [7, 11) is -2.34. The molecule has 6 heteroatoms. The van der Waals surface area contributed by atoms with Gasteiger partial charge in [0.05, 0.1) is 12.0 Å². The van der Waals surface area contributed by atoms with Gasteiger partial charge in [-0.1, -0.05) is 18.2 Å². The number of hydrogen-bond acceptors (Lipinski definition) is 4. The number of amides is 1. The first kappa shape index (κ1) is 20.7. The van der Waals surface area contributed by atoms with E-state index < -0.39 is 15.1 Å². The van der Waals surface area contributed by atoms with Crippen LogP contribution in [0.4, 0.5) is 5.69 Å². The molecule has 5 rings (SSSR count). The number of rotatable bonds is 9. The molecule has 2 N–H and O–H groups in total. The van der Waals surface area contributed by atoms with Gasteiger partial charge in [-0.3, -0.25) is 9.00 Å². The lowest BCUT2D eigenvalue weighted by molar-refractivity contribution is -0.115. The molecule has 1 unspecified atom stereocenters. The molecule has 0 aliphatic heterocycles. The van der Waals surface area contributed by atoms with Crippen molar-refractivity contribution < 1.29 is 14.1 Å². The smallest absolute Gasteiger partial charge is 0.228 e. The number of carbonyl (C=O) groups excluding carboxylic acids is 1. The van der Waals surface area contributed by atoms with Crippen molar-refractivity contribution in [3.05, 3.63) is 53.7 Å². The predicted molar refractivity (Wildman–Crippen MR) is 123 cm³/mol. The molecular formula is C25H30N2O3S. The van der Waals surface area contributed by atoms with E-state index in [4.69, 9.17) is 0 Å². The molecule has 0 saturated heterocycles. The highest BCUT2D eigenvalue weighted by atomic mass is 32.2. The molecule has 1 aromatic carbocycles. The highest BCUT2D eigenvalue weighted by molar-refractivity contribution is 8.00. The summed E-state index contributed by atoms with van der Waals surface area (Å²) in [6.45, 7) is 0. The molecule has 3 aliphatic carbocycles. The Labute approximate surface area is 184 Å². The molecule has 1 heterocycles. The minimum Gasteiger partial charge on any atom is -0.385 e. The van der Waals surface area contributed by atoms with Crippen molar-refractivity contribution in [2.75, 3.05) is 11.1 Å². The van der Waals surface area contributed by atoms with Crippen LogP contribution >= 0.6 is 0 Å². The van der Waals surface area contributed by atoms with Crippen LogP contribution in [-0.2, 0) is 26.3 Å². The Hall–Kier alpha value is -2.18. The second kappa shape index (κ2) is 7.75. The van der Waals surface area contributed by atoms with Crippen LogP contribution in [-0.4, -0.2) is 31.8 Å². The van der Waals surface area contributed by atoms with Gasteiger partial charge in [0.25, 0.3) is 0 Å². The van der Waals surface area contributed by atoms with Crippen LogP contribution in [0.2, 0.25) is 0 Å². The van der Waals surface area contributed by atoms with E-state index in [-0.39, 0.29) is 12.3 Å². The Bertz CT molecular complexity index is 1050. The molecule has 0 spiro atoms. The Balaban J connectivity index is 1.19. The topological polar surface area (TPSA) is 79.3 Å². The van der Waals surface area contributed by atoms with Crippen LogP contribution in [0.1, 0.15) is 49.7 Å². The third kappa shape index (κ3) is 4.55. The van der Waals surface area contributed by atoms with Gasteiger partial charge in [-0.05, 0) is 91.5 Å². The number of anilines is 1. The summed E-state index contributed by atoms with van der Waals surface area (Å²) in [5, 5.41) is 14.7. The molecule has 3 aliphatic rings. The molecule has 1 amide bonds. The fraction of sp³-hybridized carbons (Fsp3) is 0.480. The quantitative estimate of drug-likeness (QED) is 0.585. The van der Waals surface area contributed by atoms with E-state index in [1.54, 1.807) is 12.3 Å². The Morgan fingerprint density at radius 2 is 1.71 bits per heavy atom. The summed E-state index contributed by atoms with van der Waals surface area (Å²) in [6, 6.07) is 11.2. The van der Waals surface area contributed by atoms with Crippen molar-refractivity contribution in [3.8, 4) is 0 Å². The maximum Gasteiger partial charge on any atom is 0.228 e. The van der Waals surface area contributed by atoms with Crippen molar-refractivity contribution in [1.82, 2.24) is 4.98 Å². The van der Waals surface area contributed by atoms with Gasteiger partial charge < -0.3 is 10.4 Å². The summed E-state index contributed by atoms with van der Waals surface area (Å²) < 4.78 is 12.7. The van der Waals surface area contributed by atoms with Gasteiger partial charge in [-0.2, -0.15) is 0 Å². The van der Waals surface area contributed by atoms with Crippen molar-refractivity contribution in [1.29, 1.82) is 0 Å². The fourth-order valence-electron chi connectivity index (χ4n) is 4.55. The standard InChI is InChI=1S/C25H30N2O3S/c1-31(30,16-17-2-3-17)24-13-4-18(15-26-24)14-23(28)27-22-11-9-21(10-12-22)25(29,19-5-6-19)20-7-8-20/h4,9-13,15,17,19-20,29H,1-3,5-8,14,16H2,(H,27,28). The zero-order chi connectivity index (χ0) is 21.6. The number of benzene rings is 1. The fourth-order valence-corrected chi connectivity index (χ4v) is 6.38. The van der Waals surface area contributed by atoms with E-state index in [1.807, 2.05) is 30.3 Å². The van der Waals surface area contributed by atoms with Gasteiger partial charge in [0.2, 0.25) is 5.91 Å².